The maximum Gasteiger partial charge on any atom is 0.335 e. The fourth-order valence-corrected chi connectivity index (χ4v) is 10.1. The molecule has 3 aromatic carbocycles. The summed E-state index contributed by atoms with van der Waals surface area (Å²) in [5.74, 6) is 6.04. The van der Waals surface area contributed by atoms with Crippen molar-refractivity contribution < 1.29 is 52.3 Å². The summed E-state index contributed by atoms with van der Waals surface area (Å²) in [6, 6.07) is 22.0. The van der Waals surface area contributed by atoms with E-state index in [0.29, 0.717) is 92.0 Å². The van der Waals surface area contributed by atoms with E-state index in [4.69, 9.17) is 33.2 Å². The van der Waals surface area contributed by atoms with Gasteiger partial charge in [-0.2, -0.15) is 0 Å². The highest BCUT2D eigenvalue weighted by atomic mass is 16.6. The predicted octanol–water partition coefficient (Wildman–Crippen LogP) is 10.8. The first-order chi connectivity index (χ1) is 34.6. The Morgan fingerprint density at radius 1 is 0.479 bits per heavy atom. The van der Waals surface area contributed by atoms with Gasteiger partial charge in [-0.1, -0.05) is 92.1 Å². The molecule has 0 amide bonds. The molecule has 1 heterocycles. The van der Waals surface area contributed by atoms with Crippen LogP contribution in [-0.4, -0.2) is 69.6 Å². The molecule has 0 spiro atoms. The second kappa shape index (κ2) is 25.2. The molecular formula is C60H64O11. The number of carbonyl (C=O) groups excluding carboxylic acids is 4. The molecule has 11 heteroatoms. The van der Waals surface area contributed by atoms with Crippen molar-refractivity contribution >= 4 is 42.1 Å². The van der Waals surface area contributed by atoms with E-state index < -0.39 is 5.97 Å². The molecule has 10 rings (SSSR count). The Kier molecular flexibility index (Phi) is 17.9. The van der Waals surface area contributed by atoms with Crippen LogP contribution >= 0.6 is 0 Å². The van der Waals surface area contributed by atoms with Gasteiger partial charge in [0, 0.05) is 24.3 Å². The van der Waals surface area contributed by atoms with Crippen LogP contribution in [0.3, 0.4) is 0 Å². The van der Waals surface area contributed by atoms with E-state index in [0.717, 1.165) is 60.1 Å². The summed E-state index contributed by atoms with van der Waals surface area (Å²) in [5.41, 5.74) is 2.72. The van der Waals surface area contributed by atoms with Crippen LogP contribution in [0.1, 0.15) is 55.2 Å². The summed E-state index contributed by atoms with van der Waals surface area (Å²) >= 11 is 0. The maximum absolute atomic E-state index is 11.9. The minimum atomic E-state index is -0.502. The molecule has 3 saturated carbocycles. The van der Waals surface area contributed by atoms with Gasteiger partial charge in [0.05, 0.1) is 26.4 Å². The van der Waals surface area contributed by atoms with Crippen molar-refractivity contribution in [3.8, 4) is 17.2 Å². The molecule has 1 aliphatic heterocycles. The molecule has 10 atom stereocenters. The highest BCUT2D eigenvalue weighted by molar-refractivity contribution is 5.88. The fourth-order valence-electron chi connectivity index (χ4n) is 10.1. The number of ether oxygens (including phenoxy) is 7. The van der Waals surface area contributed by atoms with Crippen molar-refractivity contribution in [2.24, 2.45) is 53.3 Å². The third-order valence-electron chi connectivity index (χ3n) is 14.0. The van der Waals surface area contributed by atoms with E-state index in [1.54, 1.807) is 48.6 Å². The standard InChI is InChI=1S/C20H22O4.C20H20O4.C20H22O3/c21-20(24-11-17-10-15-1-5-16(17)9-15)8-4-14-2-6-18(7-3-14)22-12-19-13-23-19;1-2-19(21)24-18-8-4-14(5-9-18)6-10-20(22)23-13-17-12-15-3-7-16(17)11-15;1-2-11-22-19-8-4-15(5-9-19)6-10-20(21)23-14-18-13-16-3-7-17(18)12-16/h1-8,15-17,19H,9-13H2;2-10,15-17H,1,11-13H2;2-10,16-18H,1,11-14H2/b8-4+;2*10-6+. The number of esters is 4. The zero-order valence-electron chi connectivity index (χ0n) is 40.2. The van der Waals surface area contributed by atoms with Crippen LogP contribution in [0.2, 0.25) is 0 Å². The van der Waals surface area contributed by atoms with Crippen LogP contribution in [0.5, 0.6) is 17.2 Å². The minimum Gasteiger partial charge on any atom is -0.491 e. The molecule has 71 heavy (non-hydrogen) atoms. The van der Waals surface area contributed by atoms with Gasteiger partial charge in [0.15, 0.2) is 0 Å². The van der Waals surface area contributed by atoms with Crippen LogP contribution in [0.4, 0.5) is 0 Å². The van der Waals surface area contributed by atoms with Crippen molar-refractivity contribution in [1.82, 2.24) is 0 Å². The SMILES string of the molecule is C=CC(=O)Oc1ccc(/C=C/C(=O)OCC2CC3C=CC2C3)cc1.C=CCOc1ccc(/C=C/C(=O)OCC2CC3C=CC2C3)cc1.O=C(/C=C/c1ccc(OCC2CO2)cc1)OCC1CC2C=CC1C2. The smallest absolute Gasteiger partial charge is 0.335 e. The Morgan fingerprint density at radius 2 is 0.859 bits per heavy atom. The fraction of sp³-hybridized carbons (Fsp3) is 0.367. The lowest BCUT2D eigenvalue weighted by molar-refractivity contribution is -0.140. The number of fused-ring (bicyclic) bond motifs is 6. The number of carbonyl (C=O) groups is 4. The Labute approximate surface area is 417 Å². The first kappa shape index (κ1) is 50.4. The zero-order chi connectivity index (χ0) is 49.4. The number of rotatable bonds is 20. The lowest BCUT2D eigenvalue weighted by atomic mass is 9.95. The largest absolute Gasteiger partial charge is 0.491 e. The van der Waals surface area contributed by atoms with Crippen molar-refractivity contribution in [3.05, 3.63) is 169 Å². The average Bonchev–Trinajstić information content (AvgIpc) is 4.06. The van der Waals surface area contributed by atoms with Gasteiger partial charge in [-0.3, -0.25) is 0 Å². The zero-order valence-corrected chi connectivity index (χ0v) is 40.2. The van der Waals surface area contributed by atoms with Crippen molar-refractivity contribution in [3.63, 3.8) is 0 Å². The molecule has 0 N–H and O–H groups in total. The third-order valence-corrected chi connectivity index (χ3v) is 14.0. The van der Waals surface area contributed by atoms with Crippen molar-refractivity contribution in [2.45, 2.75) is 44.6 Å². The van der Waals surface area contributed by atoms with E-state index in [1.807, 2.05) is 48.5 Å². The number of allylic oxidation sites excluding steroid dienone is 6. The van der Waals surface area contributed by atoms with E-state index in [1.165, 1.54) is 37.5 Å². The van der Waals surface area contributed by atoms with Crippen molar-refractivity contribution in [2.75, 3.05) is 39.6 Å². The topological polar surface area (TPSA) is 136 Å². The second-order valence-corrected chi connectivity index (χ2v) is 19.2. The van der Waals surface area contributed by atoms with Crippen LogP contribution in [0.15, 0.2) is 153 Å². The average molecular weight is 961 g/mol. The van der Waals surface area contributed by atoms with Gasteiger partial charge in [0.2, 0.25) is 0 Å². The minimum absolute atomic E-state index is 0.255. The summed E-state index contributed by atoms with van der Waals surface area (Å²) in [6.07, 6.45) is 33.5. The third kappa shape index (κ3) is 15.8. The van der Waals surface area contributed by atoms with E-state index >= 15 is 0 Å². The Hall–Kier alpha value is -6.98. The Morgan fingerprint density at radius 3 is 1.18 bits per heavy atom. The number of hydrogen-bond acceptors (Lipinski definition) is 11. The van der Waals surface area contributed by atoms with E-state index in [9.17, 15) is 19.2 Å². The molecule has 370 valence electrons. The molecule has 3 aromatic rings. The molecule has 4 fully saturated rings. The number of epoxide rings is 1. The monoisotopic (exact) mass is 960 g/mol. The lowest BCUT2D eigenvalue weighted by Crippen LogP contribution is -2.16. The van der Waals surface area contributed by atoms with Gasteiger partial charge in [0.1, 0.15) is 36.6 Å². The lowest BCUT2D eigenvalue weighted by Gasteiger charge is -2.17. The van der Waals surface area contributed by atoms with Crippen molar-refractivity contribution in [1.29, 1.82) is 0 Å². The summed E-state index contributed by atoms with van der Waals surface area (Å²) < 4.78 is 37.2. The molecule has 1 saturated heterocycles. The first-order valence-electron chi connectivity index (χ1n) is 24.9. The van der Waals surface area contributed by atoms with E-state index in [-0.39, 0.29) is 24.0 Å². The molecule has 11 nitrogen and oxygen atoms in total. The molecular weight excluding hydrogens is 897 g/mol. The van der Waals surface area contributed by atoms with Crippen LogP contribution < -0.4 is 14.2 Å². The first-order valence-corrected chi connectivity index (χ1v) is 24.9. The van der Waals surface area contributed by atoms with Gasteiger partial charge in [-0.25, -0.2) is 19.2 Å². The van der Waals surface area contributed by atoms with E-state index in [2.05, 4.69) is 49.6 Å². The molecule has 7 aliphatic rings. The highest BCUT2D eigenvalue weighted by Crippen LogP contribution is 2.45. The molecule has 0 aromatic heterocycles. The van der Waals surface area contributed by atoms with Gasteiger partial charge >= 0.3 is 23.9 Å². The predicted molar refractivity (Wildman–Crippen MR) is 273 cm³/mol. The van der Waals surface area contributed by atoms with Crippen LogP contribution in [0.25, 0.3) is 18.2 Å². The van der Waals surface area contributed by atoms with Crippen LogP contribution in [-0.2, 0) is 38.1 Å². The summed E-state index contributed by atoms with van der Waals surface area (Å²) in [5, 5.41) is 0. The second-order valence-electron chi connectivity index (χ2n) is 19.2. The summed E-state index contributed by atoms with van der Waals surface area (Å²) in [6.45, 7) is 10.4. The summed E-state index contributed by atoms with van der Waals surface area (Å²) in [4.78, 5) is 46.6. The normalized spacial score (nSPS) is 26.4. The van der Waals surface area contributed by atoms with Gasteiger partial charge in [-0.15, -0.1) is 0 Å². The van der Waals surface area contributed by atoms with Crippen LogP contribution in [0, 0.1) is 53.3 Å². The maximum atomic E-state index is 11.9. The van der Waals surface area contributed by atoms with Gasteiger partial charge < -0.3 is 33.2 Å². The number of benzene rings is 3. The highest BCUT2D eigenvalue weighted by Gasteiger charge is 2.38. The quantitative estimate of drug-likeness (QED) is 0.0267. The molecule has 10 unspecified atom stereocenters. The molecule has 6 aliphatic carbocycles. The summed E-state index contributed by atoms with van der Waals surface area (Å²) in [7, 11) is 0. The number of hydrogen-bond donors (Lipinski definition) is 0. The molecule has 0 radical (unpaired) electrons. The van der Waals surface area contributed by atoms with Gasteiger partial charge in [-0.05, 0) is 163 Å². The Bertz CT molecular complexity index is 2490. The molecule has 6 bridgehead atoms. The Balaban J connectivity index is 0.000000143. The van der Waals surface area contributed by atoms with Gasteiger partial charge in [0.25, 0.3) is 0 Å².